The van der Waals surface area contributed by atoms with Crippen molar-refractivity contribution >= 4 is 16.9 Å². The van der Waals surface area contributed by atoms with E-state index in [9.17, 15) is 14.0 Å². The maximum absolute atomic E-state index is 14.2. The molecule has 37 heavy (non-hydrogen) atoms. The Kier molecular flexibility index (Phi) is 7.93. The Bertz CT molecular complexity index is 1460. The highest BCUT2D eigenvalue weighted by Gasteiger charge is 2.34. The molecule has 4 aromatic rings. The van der Waals surface area contributed by atoms with Gasteiger partial charge in [-0.3, -0.25) is 9.59 Å². The van der Waals surface area contributed by atoms with Gasteiger partial charge in [-0.1, -0.05) is 44.2 Å². The monoisotopic (exact) mass is 504 g/mol. The SMILES string of the molecule is Cc1cc(C(=O)N(CCCN)C(c2oc3cc(F)ccc3c(=O)c2Cc2ccccc2)C(C)C)c(C)o1. The van der Waals surface area contributed by atoms with Crippen LogP contribution in [0.15, 0.2) is 68.2 Å². The van der Waals surface area contributed by atoms with Crippen molar-refractivity contribution in [3.05, 3.63) is 105 Å². The average molecular weight is 505 g/mol. The van der Waals surface area contributed by atoms with E-state index in [4.69, 9.17) is 14.6 Å². The summed E-state index contributed by atoms with van der Waals surface area (Å²) in [5.41, 5.74) is 7.61. The van der Waals surface area contributed by atoms with E-state index in [2.05, 4.69) is 0 Å². The van der Waals surface area contributed by atoms with Crippen molar-refractivity contribution in [3.63, 3.8) is 0 Å². The fourth-order valence-corrected chi connectivity index (χ4v) is 4.86. The highest BCUT2D eigenvalue weighted by molar-refractivity contribution is 5.95. The summed E-state index contributed by atoms with van der Waals surface area (Å²) in [7, 11) is 0. The Morgan fingerprint density at radius 1 is 1.05 bits per heavy atom. The van der Waals surface area contributed by atoms with Gasteiger partial charge in [0.2, 0.25) is 0 Å². The van der Waals surface area contributed by atoms with E-state index < -0.39 is 11.9 Å². The molecule has 0 aliphatic rings. The van der Waals surface area contributed by atoms with E-state index in [-0.39, 0.29) is 22.8 Å². The third-order valence-electron chi connectivity index (χ3n) is 6.57. The molecule has 0 saturated heterocycles. The molecule has 0 radical (unpaired) electrons. The highest BCUT2D eigenvalue weighted by atomic mass is 19.1. The van der Waals surface area contributed by atoms with Gasteiger partial charge in [0.25, 0.3) is 5.91 Å². The van der Waals surface area contributed by atoms with Crippen molar-refractivity contribution in [2.45, 2.75) is 46.6 Å². The predicted molar refractivity (Wildman–Crippen MR) is 142 cm³/mol. The Balaban J connectivity index is 1.95. The molecule has 2 N–H and O–H groups in total. The number of hydrogen-bond donors (Lipinski definition) is 1. The van der Waals surface area contributed by atoms with Crippen molar-refractivity contribution in [1.29, 1.82) is 0 Å². The normalized spacial score (nSPS) is 12.3. The van der Waals surface area contributed by atoms with Crippen LogP contribution in [0.1, 0.15) is 65.1 Å². The largest absolute Gasteiger partial charge is 0.466 e. The van der Waals surface area contributed by atoms with Gasteiger partial charge in [0.1, 0.15) is 28.7 Å². The lowest BCUT2D eigenvalue weighted by Gasteiger charge is -2.35. The predicted octanol–water partition coefficient (Wildman–Crippen LogP) is 5.92. The Morgan fingerprint density at radius 3 is 2.41 bits per heavy atom. The summed E-state index contributed by atoms with van der Waals surface area (Å²) >= 11 is 0. The third kappa shape index (κ3) is 5.52. The fourth-order valence-electron chi connectivity index (χ4n) is 4.86. The highest BCUT2D eigenvalue weighted by Crippen LogP contribution is 2.35. The molecule has 0 fully saturated rings. The Morgan fingerprint density at radius 2 is 1.78 bits per heavy atom. The Hall–Kier alpha value is -3.71. The number of amides is 1. The fraction of sp³-hybridized carbons (Fsp3) is 0.333. The van der Waals surface area contributed by atoms with Crippen molar-refractivity contribution in [2.24, 2.45) is 11.7 Å². The average Bonchev–Trinajstić information content (AvgIpc) is 3.21. The van der Waals surface area contributed by atoms with Gasteiger partial charge in [-0.05, 0) is 56.5 Å². The molecule has 0 saturated carbocycles. The van der Waals surface area contributed by atoms with E-state index in [1.807, 2.05) is 44.2 Å². The van der Waals surface area contributed by atoms with Crippen LogP contribution in [-0.2, 0) is 6.42 Å². The molecule has 2 aromatic heterocycles. The van der Waals surface area contributed by atoms with Crippen LogP contribution < -0.4 is 11.2 Å². The van der Waals surface area contributed by atoms with Gasteiger partial charge in [0.15, 0.2) is 5.43 Å². The summed E-state index contributed by atoms with van der Waals surface area (Å²) in [6, 6.07) is 14.7. The molecular formula is C30H33FN2O4. The van der Waals surface area contributed by atoms with Crippen LogP contribution in [0.2, 0.25) is 0 Å². The lowest BCUT2D eigenvalue weighted by Crippen LogP contribution is -2.40. The number of benzene rings is 2. The van der Waals surface area contributed by atoms with Gasteiger partial charge in [0.05, 0.1) is 17.0 Å². The van der Waals surface area contributed by atoms with E-state index >= 15 is 0 Å². The zero-order valence-electron chi connectivity index (χ0n) is 21.7. The topological polar surface area (TPSA) is 89.7 Å². The quantitative estimate of drug-likeness (QED) is 0.306. The molecule has 2 heterocycles. The Labute approximate surface area is 215 Å². The zero-order chi connectivity index (χ0) is 26.7. The van der Waals surface area contributed by atoms with Gasteiger partial charge < -0.3 is 19.5 Å². The minimum atomic E-state index is -0.590. The first kappa shape index (κ1) is 26.4. The first-order chi connectivity index (χ1) is 17.7. The molecule has 1 amide bonds. The lowest BCUT2D eigenvalue weighted by atomic mass is 9.91. The van der Waals surface area contributed by atoms with Crippen LogP contribution in [0.4, 0.5) is 4.39 Å². The summed E-state index contributed by atoms with van der Waals surface area (Å²) in [5.74, 6) is 0.671. The number of nitrogens with zero attached hydrogens (tertiary/aromatic N) is 1. The molecule has 1 unspecified atom stereocenters. The van der Waals surface area contributed by atoms with Crippen LogP contribution >= 0.6 is 0 Å². The van der Waals surface area contributed by atoms with E-state index in [0.717, 1.165) is 5.56 Å². The van der Waals surface area contributed by atoms with Crippen molar-refractivity contribution in [3.8, 4) is 0 Å². The van der Waals surface area contributed by atoms with Crippen molar-refractivity contribution in [1.82, 2.24) is 4.90 Å². The molecule has 7 heteroatoms. The summed E-state index contributed by atoms with van der Waals surface area (Å²) in [6.07, 6.45) is 0.878. The van der Waals surface area contributed by atoms with Gasteiger partial charge in [-0.25, -0.2) is 4.39 Å². The van der Waals surface area contributed by atoms with Gasteiger partial charge in [0, 0.05) is 24.6 Å². The van der Waals surface area contributed by atoms with E-state index in [1.54, 1.807) is 24.8 Å². The second kappa shape index (κ2) is 11.1. The van der Waals surface area contributed by atoms with Crippen LogP contribution in [0.3, 0.4) is 0 Å². The summed E-state index contributed by atoms with van der Waals surface area (Å²) < 4.78 is 26.2. The number of furan rings is 1. The number of carbonyl (C=O) groups is 1. The molecule has 0 spiro atoms. The summed E-state index contributed by atoms with van der Waals surface area (Å²) in [5, 5.41) is 0.305. The molecule has 2 aromatic carbocycles. The second-order valence-electron chi connectivity index (χ2n) is 9.73. The number of fused-ring (bicyclic) bond motifs is 1. The van der Waals surface area contributed by atoms with Crippen LogP contribution in [0.25, 0.3) is 11.0 Å². The molecule has 6 nitrogen and oxygen atoms in total. The van der Waals surface area contributed by atoms with Crippen LogP contribution in [0.5, 0.6) is 0 Å². The van der Waals surface area contributed by atoms with Crippen LogP contribution in [-0.4, -0.2) is 23.9 Å². The minimum Gasteiger partial charge on any atom is -0.466 e. The maximum atomic E-state index is 14.2. The molecule has 194 valence electrons. The first-order valence-electron chi connectivity index (χ1n) is 12.6. The summed E-state index contributed by atoms with van der Waals surface area (Å²) in [4.78, 5) is 29.4. The molecule has 1 atom stereocenters. The van der Waals surface area contributed by atoms with Gasteiger partial charge in [-0.2, -0.15) is 0 Å². The second-order valence-corrected chi connectivity index (χ2v) is 9.73. The molecule has 0 aliphatic heterocycles. The number of rotatable bonds is 9. The smallest absolute Gasteiger partial charge is 0.258 e. The maximum Gasteiger partial charge on any atom is 0.258 e. The van der Waals surface area contributed by atoms with E-state index in [1.165, 1.54) is 18.2 Å². The van der Waals surface area contributed by atoms with Crippen LogP contribution in [0, 0.1) is 25.6 Å². The van der Waals surface area contributed by atoms with Crippen molar-refractivity contribution in [2.75, 3.05) is 13.1 Å². The number of aryl methyl sites for hydroxylation is 2. The summed E-state index contributed by atoms with van der Waals surface area (Å²) in [6.45, 7) is 8.25. The molecule has 0 aliphatic carbocycles. The van der Waals surface area contributed by atoms with Gasteiger partial charge in [-0.15, -0.1) is 0 Å². The zero-order valence-corrected chi connectivity index (χ0v) is 21.7. The number of nitrogens with two attached hydrogens (primary N) is 1. The molecule has 4 rings (SSSR count). The van der Waals surface area contributed by atoms with Gasteiger partial charge >= 0.3 is 0 Å². The van der Waals surface area contributed by atoms with E-state index in [0.29, 0.717) is 59.7 Å². The minimum absolute atomic E-state index is 0.126. The first-order valence-corrected chi connectivity index (χ1v) is 12.6. The number of halogens is 1. The lowest BCUT2D eigenvalue weighted by molar-refractivity contribution is 0.0585. The number of hydrogen-bond acceptors (Lipinski definition) is 5. The number of carbonyl (C=O) groups excluding carboxylic acids is 1. The third-order valence-corrected chi connectivity index (χ3v) is 6.57. The standard InChI is InChI=1S/C30H33FN2O4/c1-18(2)27(33(14-8-13-32)30(35)24-15-19(3)36-20(24)4)29-25(16-21-9-6-5-7-10-21)28(34)23-12-11-22(31)17-26(23)37-29/h5-7,9-12,15,17-18,27H,8,13-14,16,32H2,1-4H3. The molecular weight excluding hydrogens is 471 g/mol. The van der Waals surface area contributed by atoms with Crippen molar-refractivity contribution < 1.29 is 18.0 Å². The molecule has 0 bridgehead atoms.